The molecular formula is C58H72F3N3O10. The van der Waals surface area contributed by atoms with Crippen LogP contribution in [0.1, 0.15) is 149 Å². The van der Waals surface area contributed by atoms with Gasteiger partial charge in [0.25, 0.3) is 11.8 Å². The predicted octanol–water partition coefficient (Wildman–Crippen LogP) is 10.3. The fourth-order valence-corrected chi connectivity index (χ4v) is 8.81. The number of hydrogen-bond acceptors (Lipinski definition) is 11. The molecule has 2 amide bonds. The minimum atomic E-state index is -4.45. The molecule has 0 aromatic heterocycles. The molecule has 4 aromatic carbocycles. The van der Waals surface area contributed by atoms with E-state index in [9.17, 15) is 41.9 Å². The average Bonchev–Trinajstić information content (AvgIpc) is 3.40. The van der Waals surface area contributed by atoms with Gasteiger partial charge in [0.2, 0.25) is 5.78 Å². The van der Waals surface area contributed by atoms with Gasteiger partial charge in [-0.1, -0.05) is 87.9 Å². The number of halogens is 3. The Kier molecular flexibility index (Phi) is 22.2. The third kappa shape index (κ3) is 17.3. The second-order valence-corrected chi connectivity index (χ2v) is 19.5. The fraction of sp³-hybridized carbons (Fsp3) is 0.483. The van der Waals surface area contributed by atoms with E-state index in [-0.39, 0.29) is 49.9 Å². The van der Waals surface area contributed by atoms with Crippen LogP contribution < -0.4 is 25.3 Å². The molecule has 400 valence electrons. The molecule has 0 spiro atoms. The first kappa shape index (κ1) is 58.3. The van der Waals surface area contributed by atoms with Crippen molar-refractivity contribution in [1.82, 2.24) is 10.2 Å². The first-order valence-corrected chi connectivity index (χ1v) is 25.7. The summed E-state index contributed by atoms with van der Waals surface area (Å²) >= 11 is 0. The third-order valence-corrected chi connectivity index (χ3v) is 13.7. The van der Waals surface area contributed by atoms with Crippen LogP contribution >= 0.6 is 0 Å². The number of alkyl halides is 3. The highest BCUT2D eigenvalue weighted by atomic mass is 19.4. The Bertz CT molecular complexity index is 2530. The number of unbranched alkanes of at least 4 members (excludes halogenated alkanes) is 3. The van der Waals surface area contributed by atoms with Gasteiger partial charge in [0, 0.05) is 36.9 Å². The molecule has 1 fully saturated rings. The lowest BCUT2D eigenvalue weighted by Crippen LogP contribution is -2.53. The fourth-order valence-electron chi connectivity index (χ4n) is 8.81. The topological polar surface area (TPSA) is 181 Å². The normalized spacial score (nSPS) is 14.6. The number of methoxy groups -OCH3 is 2. The van der Waals surface area contributed by atoms with Crippen molar-refractivity contribution in [3.8, 4) is 17.2 Å². The molecule has 13 nitrogen and oxygen atoms in total. The summed E-state index contributed by atoms with van der Waals surface area (Å²) in [5, 5.41) is 2.83. The molecule has 5 rings (SSSR count). The van der Waals surface area contributed by atoms with Crippen LogP contribution in [0, 0.1) is 5.41 Å². The number of ketones is 3. The Labute approximate surface area is 433 Å². The van der Waals surface area contributed by atoms with Crippen LogP contribution in [-0.4, -0.2) is 86.0 Å². The van der Waals surface area contributed by atoms with Crippen LogP contribution in [0.4, 0.5) is 13.2 Å². The summed E-state index contributed by atoms with van der Waals surface area (Å²) in [6.45, 7) is 5.71. The number of ether oxygens (including phenoxy) is 4. The Morgan fingerprint density at radius 3 is 2.23 bits per heavy atom. The molecule has 3 atom stereocenters. The average molecular weight is 1030 g/mol. The van der Waals surface area contributed by atoms with Crippen molar-refractivity contribution < 1.29 is 60.9 Å². The number of nitrogens with one attached hydrogen (secondary N) is 1. The van der Waals surface area contributed by atoms with E-state index in [0.717, 1.165) is 17.7 Å². The number of rotatable bonds is 29. The highest BCUT2D eigenvalue weighted by Crippen LogP contribution is 2.34. The van der Waals surface area contributed by atoms with Gasteiger partial charge in [-0.2, -0.15) is 13.2 Å². The summed E-state index contributed by atoms with van der Waals surface area (Å²) in [7, 11) is 3.11. The van der Waals surface area contributed by atoms with Gasteiger partial charge in [0.05, 0.1) is 25.8 Å². The Hall–Kier alpha value is -6.55. The van der Waals surface area contributed by atoms with Crippen molar-refractivity contribution in [2.24, 2.45) is 11.1 Å². The molecule has 0 saturated carbocycles. The number of piperidine rings is 1. The lowest BCUT2D eigenvalue weighted by Gasteiger charge is -2.36. The summed E-state index contributed by atoms with van der Waals surface area (Å²) in [5.41, 5.74) is 7.79. The number of nitrogens with zero attached hydrogens (tertiary/aromatic N) is 1. The van der Waals surface area contributed by atoms with Gasteiger partial charge in [-0.05, 0) is 130 Å². The number of Topliss-reactive ketones (excluding diaryl/α,β-unsaturated/α-hetero) is 3. The zero-order valence-electron chi connectivity index (χ0n) is 43.4. The number of esters is 1. The zero-order valence-corrected chi connectivity index (χ0v) is 43.4. The second-order valence-electron chi connectivity index (χ2n) is 19.5. The Morgan fingerprint density at radius 2 is 1.51 bits per heavy atom. The van der Waals surface area contributed by atoms with Gasteiger partial charge in [-0.25, -0.2) is 4.79 Å². The van der Waals surface area contributed by atoms with Gasteiger partial charge in [0.1, 0.15) is 23.7 Å². The van der Waals surface area contributed by atoms with Crippen molar-refractivity contribution >= 4 is 35.1 Å². The summed E-state index contributed by atoms with van der Waals surface area (Å²) in [6.07, 6.45) is 2.12. The summed E-state index contributed by atoms with van der Waals surface area (Å²) in [6, 6.07) is 23.0. The quantitative estimate of drug-likeness (QED) is 0.0229. The van der Waals surface area contributed by atoms with E-state index < -0.39 is 53.0 Å². The minimum Gasteiger partial charge on any atom is -0.493 e. The molecular weight excluding hydrogens is 956 g/mol. The first-order valence-electron chi connectivity index (χ1n) is 25.7. The summed E-state index contributed by atoms with van der Waals surface area (Å²) < 4.78 is 62.6. The first-order chi connectivity index (χ1) is 35.3. The second kappa shape index (κ2) is 28.2. The van der Waals surface area contributed by atoms with Crippen LogP contribution in [-0.2, 0) is 47.7 Å². The Morgan fingerprint density at radius 1 is 0.784 bits per heavy atom. The molecule has 3 N–H and O–H groups in total. The third-order valence-electron chi connectivity index (χ3n) is 13.7. The van der Waals surface area contributed by atoms with Crippen LogP contribution in [0.3, 0.4) is 0 Å². The molecule has 16 heteroatoms. The van der Waals surface area contributed by atoms with Crippen molar-refractivity contribution in [1.29, 1.82) is 0 Å². The van der Waals surface area contributed by atoms with E-state index in [1.165, 1.54) is 11.0 Å². The number of carbonyl (C=O) groups is 6. The van der Waals surface area contributed by atoms with Crippen molar-refractivity contribution in [2.45, 2.75) is 141 Å². The highest BCUT2D eigenvalue weighted by Gasteiger charge is 2.41. The largest absolute Gasteiger partial charge is 0.493 e. The van der Waals surface area contributed by atoms with Gasteiger partial charge >= 0.3 is 12.1 Å². The molecule has 1 heterocycles. The number of hydrogen-bond donors (Lipinski definition) is 2. The van der Waals surface area contributed by atoms with Crippen molar-refractivity contribution in [3.63, 3.8) is 0 Å². The minimum absolute atomic E-state index is 0.0688. The summed E-state index contributed by atoms with van der Waals surface area (Å²) in [5.74, 6) is -0.715. The molecule has 1 aliphatic heterocycles. The number of likely N-dealkylation sites (tertiary alicyclic amines) is 1. The molecule has 0 radical (unpaired) electrons. The monoisotopic (exact) mass is 1030 g/mol. The van der Waals surface area contributed by atoms with Crippen molar-refractivity contribution in [2.75, 3.05) is 33.9 Å². The molecule has 74 heavy (non-hydrogen) atoms. The molecule has 1 unspecified atom stereocenters. The van der Waals surface area contributed by atoms with E-state index in [1.54, 1.807) is 88.7 Å². The molecule has 0 aliphatic carbocycles. The number of amides is 2. The molecule has 1 aliphatic rings. The number of aryl methyl sites for hydroxylation is 1. The van der Waals surface area contributed by atoms with E-state index >= 15 is 0 Å². The van der Waals surface area contributed by atoms with Crippen LogP contribution in [0.5, 0.6) is 17.2 Å². The van der Waals surface area contributed by atoms with Crippen LogP contribution in [0.25, 0.3) is 0 Å². The Balaban J connectivity index is 1.03. The van der Waals surface area contributed by atoms with Crippen LogP contribution in [0.15, 0.2) is 91.0 Å². The summed E-state index contributed by atoms with van der Waals surface area (Å²) in [4.78, 5) is 80.6. The predicted molar refractivity (Wildman–Crippen MR) is 275 cm³/mol. The van der Waals surface area contributed by atoms with Gasteiger partial charge in [-0.3, -0.25) is 24.0 Å². The van der Waals surface area contributed by atoms with Crippen molar-refractivity contribution in [3.05, 3.63) is 124 Å². The standard InChI is InChI=1S/C58H72F3N3O10/c1-6-57(2,3)54(68)55(69)64-34-15-13-22-47(64)56(70)74-50(31-25-39-26-32-51(71-4)52(37-39)72-5)41-27-29-44(30-28-41)73-38-53(67)63-33-14-12-21-46(62)49(66)24-9-7-8-23-48(65)45-20-11-10-18-42(45)35-40-17-16-19-43(36-40)58(59,60)61/h10-11,16-20,26-30,32,36-37,46-47,50H,6-9,12-15,21-25,31,33-35,38,62H2,1-5H3,(H,63,67)/t46?,47-,50+/m0/s1. The number of benzene rings is 4. The lowest BCUT2D eigenvalue weighted by molar-refractivity contribution is -0.164. The molecule has 0 bridgehead atoms. The highest BCUT2D eigenvalue weighted by molar-refractivity contribution is 6.38. The number of nitrogens with two attached hydrogens (primary N) is 1. The van der Waals surface area contributed by atoms with Gasteiger partial charge in [0.15, 0.2) is 23.9 Å². The van der Waals surface area contributed by atoms with E-state index in [1.807, 2.05) is 19.1 Å². The molecule has 1 saturated heterocycles. The maximum atomic E-state index is 14.0. The van der Waals surface area contributed by atoms with E-state index in [0.29, 0.717) is 123 Å². The number of carbonyl (C=O) groups excluding carboxylic acids is 6. The maximum Gasteiger partial charge on any atom is 0.416 e. The zero-order chi connectivity index (χ0) is 53.8. The van der Waals surface area contributed by atoms with Crippen LogP contribution in [0.2, 0.25) is 0 Å². The molecule has 4 aromatic rings. The van der Waals surface area contributed by atoms with E-state index in [4.69, 9.17) is 24.7 Å². The lowest BCUT2D eigenvalue weighted by atomic mass is 9.84. The smallest absolute Gasteiger partial charge is 0.416 e. The van der Waals surface area contributed by atoms with Gasteiger partial charge < -0.3 is 34.9 Å². The van der Waals surface area contributed by atoms with E-state index in [2.05, 4.69) is 5.32 Å². The maximum absolute atomic E-state index is 14.0. The SMILES string of the molecule is CCC(C)(C)C(=O)C(=O)N1CCCC[C@H]1C(=O)O[C@H](CCc1ccc(OC)c(OC)c1)c1ccc(OCC(=O)NCCCCC(N)C(=O)CCCCCC(=O)c2ccccc2Cc2cccc(C(F)(F)F)c2)cc1. The van der Waals surface area contributed by atoms with Gasteiger partial charge in [-0.15, -0.1) is 0 Å².